The molecule has 1 fully saturated rings. The molecule has 1 aliphatic rings. The van der Waals surface area contributed by atoms with Gasteiger partial charge in [0, 0.05) is 6.54 Å². The summed E-state index contributed by atoms with van der Waals surface area (Å²) in [4.78, 5) is 25.0. The molecular weight excluding hydrogens is 406 g/mol. The summed E-state index contributed by atoms with van der Waals surface area (Å²) < 4.78 is 11.0. The monoisotopic (exact) mass is 435 g/mol. The molecule has 2 aromatic rings. The molecular formula is C25H29N3O4. The Labute approximate surface area is 188 Å². The zero-order chi connectivity index (χ0) is 22.8. The van der Waals surface area contributed by atoms with Crippen molar-refractivity contribution < 1.29 is 19.1 Å². The van der Waals surface area contributed by atoms with Crippen molar-refractivity contribution in [1.29, 1.82) is 5.26 Å². The number of nitriles is 1. The largest absolute Gasteiger partial charge is 0.449 e. The van der Waals surface area contributed by atoms with E-state index in [2.05, 4.69) is 16.7 Å². The molecule has 0 saturated heterocycles. The highest BCUT2D eigenvalue weighted by molar-refractivity contribution is 5.81. The van der Waals surface area contributed by atoms with Crippen LogP contribution in [0.5, 0.6) is 0 Å². The number of ether oxygens (including phenoxy) is 2. The van der Waals surface area contributed by atoms with E-state index in [0.717, 1.165) is 24.0 Å². The molecule has 1 saturated carbocycles. The average molecular weight is 436 g/mol. The topological polar surface area (TPSA) is 100 Å². The number of rotatable bonds is 11. The summed E-state index contributed by atoms with van der Waals surface area (Å²) in [6, 6.07) is 21.3. The number of benzene rings is 2. The van der Waals surface area contributed by atoms with Gasteiger partial charge in [0.2, 0.25) is 5.91 Å². The maximum absolute atomic E-state index is 12.9. The molecule has 0 spiro atoms. The number of carbonyl (C=O) groups excluding carboxylic acids is 2. The minimum Gasteiger partial charge on any atom is -0.449 e. The molecule has 7 heteroatoms. The van der Waals surface area contributed by atoms with Crippen LogP contribution in [0.3, 0.4) is 0 Å². The summed E-state index contributed by atoms with van der Waals surface area (Å²) in [7, 11) is 0. The summed E-state index contributed by atoms with van der Waals surface area (Å²) in [5.41, 5.74) is 0.778. The first-order valence-corrected chi connectivity index (χ1v) is 10.8. The number of hydrogen-bond donors (Lipinski definition) is 2. The smallest absolute Gasteiger partial charge is 0.407 e. The second-order valence-electron chi connectivity index (χ2n) is 8.29. The number of hydrogen-bond acceptors (Lipinski definition) is 5. The van der Waals surface area contributed by atoms with Crippen LogP contribution < -0.4 is 10.6 Å². The molecule has 1 aliphatic carbocycles. The van der Waals surface area contributed by atoms with Crippen molar-refractivity contribution >= 4 is 12.0 Å². The maximum atomic E-state index is 12.9. The van der Waals surface area contributed by atoms with E-state index in [1.165, 1.54) is 0 Å². The minimum absolute atomic E-state index is 0.0243. The Kier molecular flexibility index (Phi) is 8.23. The molecule has 7 nitrogen and oxygen atoms in total. The highest BCUT2D eigenvalue weighted by Crippen LogP contribution is 2.37. The zero-order valence-electron chi connectivity index (χ0n) is 18.3. The van der Waals surface area contributed by atoms with Crippen molar-refractivity contribution in [1.82, 2.24) is 10.6 Å². The first-order valence-electron chi connectivity index (χ1n) is 10.8. The molecule has 2 atom stereocenters. The van der Waals surface area contributed by atoms with Crippen LogP contribution in [0.4, 0.5) is 4.79 Å². The van der Waals surface area contributed by atoms with Crippen LogP contribution in [0.15, 0.2) is 60.7 Å². The van der Waals surface area contributed by atoms with E-state index in [1.807, 2.05) is 60.7 Å². The van der Waals surface area contributed by atoms with Gasteiger partial charge in [0.15, 0.2) is 0 Å². The van der Waals surface area contributed by atoms with Crippen LogP contribution in [0.1, 0.15) is 30.9 Å². The van der Waals surface area contributed by atoms with Gasteiger partial charge in [-0.15, -0.1) is 0 Å². The van der Waals surface area contributed by atoms with Gasteiger partial charge in [-0.2, -0.15) is 5.26 Å². The van der Waals surface area contributed by atoms with Gasteiger partial charge in [-0.25, -0.2) is 4.79 Å². The van der Waals surface area contributed by atoms with E-state index < -0.39 is 17.6 Å². The van der Waals surface area contributed by atoms with Gasteiger partial charge in [-0.05, 0) is 36.8 Å². The van der Waals surface area contributed by atoms with Crippen molar-refractivity contribution in [2.45, 2.75) is 38.5 Å². The molecule has 2 unspecified atom stereocenters. The lowest BCUT2D eigenvalue weighted by molar-refractivity contribution is -0.128. The quantitative estimate of drug-likeness (QED) is 0.562. The Balaban J connectivity index is 1.46. The fraction of sp³-hybridized carbons (Fsp3) is 0.400. The predicted molar refractivity (Wildman–Crippen MR) is 119 cm³/mol. The van der Waals surface area contributed by atoms with Crippen molar-refractivity contribution in [2.24, 2.45) is 11.8 Å². The number of nitrogens with one attached hydrogen (secondary N) is 2. The Hall–Kier alpha value is -3.37. The molecule has 3 rings (SSSR count). The lowest BCUT2D eigenvalue weighted by atomic mass is 10.00. The van der Waals surface area contributed by atoms with Crippen molar-refractivity contribution in [3.05, 3.63) is 71.8 Å². The summed E-state index contributed by atoms with van der Waals surface area (Å²) in [5.74, 6) is -0.625. The first-order chi connectivity index (χ1) is 15.5. The van der Waals surface area contributed by atoms with E-state index in [0.29, 0.717) is 13.2 Å². The van der Waals surface area contributed by atoms with E-state index in [-0.39, 0.29) is 25.0 Å². The Bertz CT molecular complexity index is 925. The second-order valence-corrected chi connectivity index (χ2v) is 8.29. The SMILES string of the molecule is CC(C#N)(COCc1ccccc1)NC(=O)C(COC(=O)NCc1ccccc1)C1CC1. The third kappa shape index (κ3) is 7.40. The van der Waals surface area contributed by atoms with E-state index in [9.17, 15) is 14.9 Å². The fourth-order valence-electron chi connectivity index (χ4n) is 3.32. The van der Waals surface area contributed by atoms with Crippen LogP contribution in [0.2, 0.25) is 0 Å². The van der Waals surface area contributed by atoms with Gasteiger partial charge in [0.1, 0.15) is 12.1 Å². The van der Waals surface area contributed by atoms with Gasteiger partial charge in [-0.1, -0.05) is 60.7 Å². The van der Waals surface area contributed by atoms with Crippen LogP contribution in [-0.2, 0) is 27.4 Å². The van der Waals surface area contributed by atoms with Crippen LogP contribution in [0, 0.1) is 23.2 Å². The van der Waals surface area contributed by atoms with Gasteiger partial charge < -0.3 is 20.1 Å². The molecule has 0 radical (unpaired) electrons. The first kappa shape index (κ1) is 23.3. The normalized spacial score (nSPS) is 15.6. The van der Waals surface area contributed by atoms with Gasteiger partial charge in [0.25, 0.3) is 0 Å². The van der Waals surface area contributed by atoms with Crippen LogP contribution in [0.25, 0.3) is 0 Å². The molecule has 2 aromatic carbocycles. The third-order valence-electron chi connectivity index (χ3n) is 5.35. The summed E-state index contributed by atoms with van der Waals surface area (Å²) in [5, 5.41) is 15.1. The molecule has 0 aromatic heterocycles. The van der Waals surface area contributed by atoms with Gasteiger partial charge in [-0.3, -0.25) is 4.79 Å². The lowest BCUT2D eigenvalue weighted by Gasteiger charge is -2.26. The fourth-order valence-corrected chi connectivity index (χ4v) is 3.32. The van der Waals surface area contributed by atoms with Crippen molar-refractivity contribution in [2.75, 3.05) is 13.2 Å². The number of carbonyl (C=O) groups is 2. The molecule has 2 amide bonds. The highest BCUT2D eigenvalue weighted by Gasteiger charge is 2.39. The van der Waals surface area contributed by atoms with Gasteiger partial charge in [0.05, 0.1) is 25.2 Å². The molecule has 0 bridgehead atoms. The molecule has 2 N–H and O–H groups in total. The zero-order valence-corrected chi connectivity index (χ0v) is 18.3. The molecule has 0 heterocycles. The van der Waals surface area contributed by atoms with E-state index in [4.69, 9.17) is 9.47 Å². The van der Waals surface area contributed by atoms with Crippen LogP contribution >= 0.6 is 0 Å². The van der Waals surface area contributed by atoms with Gasteiger partial charge >= 0.3 is 6.09 Å². The minimum atomic E-state index is -1.17. The van der Waals surface area contributed by atoms with Crippen molar-refractivity contribution in [3.8, 4) is 6.07 Å². The standard InChI is InChI=1S/C25H29N3O4/c1-25(17-26,18-31-15-20-10-6-3-7-11-20)28-23(29)22(21-12-13-21)16-32-24(30)27-14-19-8-4-2-5-9-19/h2-11,21-22H,12-16,18H2,1H3,(H,27,30)(H,28,29). The second kappa shape index (κ2) is 11.3. The number of alkyl carbamates (subject to hydrolysis) is 1. The maximum Gasteiger partial charge on any atom is 0.407 e. The molecule has 168 valence electrons. The highest BCUT2D eigenvalue weighted by atomic mass is 16.5. The molecule has 32 heavy (non-hydrogen) atoms. The summed E-state index contributed by atoms with van der Waals surface area (Å²) in [6.45, 7) is 2.37. The third-order valence-corrected chi connectivity index (χ3v) is 5.35. The average Bonchev–Trinajstić information content (AvgIpc) is 3.64. The Morgan fingerprint density at radius 2 is 1.72 bits per heavy atom. The lowest BCUT2D eigenvalue weighted by Crippen LogP contribution is -2.51. The molecule has 0 aliphatic heterocycles. The number of amides is 2. The van der Waals surface area contributed by atoms with Crippen LogP contribution in [-0.4, -0.2) is 30.8 Å². The summed E-state index contributed by atoms with van der Waals surface area (Å²) >= 11 is 0. The van der Waals surface area contributed by atoms with Crippen molar-refractivity contribution in [3.63, 3.8) is 0 Å². The predicted octanol–water partition coefficient (Wildman–Crippen LogP) is 3.55. The van der Waals surface area contributed by atoms with E-state index >= 15 is 0 Å². The van der Waals surface area contributed by atoms with E-state index in [1.54, 1.807) is 6.92 Å². The Morgan fingerprint density at radius 1 is 1.09 bits per heavy atom. The summed E-state index contributed by atoms with van der Waals surface area (Å²) in [6.07, 6.45) is 1.24. The Morgan fingerprint density at radius 3 is 2.31 bits per heavy atom. The number of nitrogens with zero attached hydrogens (tertiary/aromatic N) is 1.